The number of hydrogen-bond acceptors (Lipinski definition) is 5. The molecule has 1 aliphatic heterocycles. The first-order valence-corrected chi connectivity index (χ1v) is 9.11. The summed E-state index contributed by atoms with van der Waals surface area (Å²) in [5, 5.41) is 3.17. The summed E-state index contributed by atoms with van der Waals surface area (Å²) in [7, 11) is 0. The molecule has 1 aromatic carbocycles. The van der Waals surface area contributed by atoms with Crippen LogP contribution >= 0.6 is 0 Å². The number of nitrogens with one attached hydrogen (secondary N) is 1. The molecule has 3 heterocycles. The van der Waals surface area contributed by atoms with Crippen LogP contribution in [0.2, 0.25) is 0 Å². The number of benzene rings is 1. The summed E-state index contributed by atoms with van der Waals surface area (Å²) in [6, 6.07) is 8.64. The molecule has 2 aromatic heterocycles. The van der Waals surface area contributed by atoms with Gasteiger partial charge in [-0.1, -0.05) is 18.2 Å². The van der Waals surface area contributed by atoms with Crippen molar-refractivity contribution in [1.82, 2.24) is 19.5 Å². The lowest BCUT2D eigenvalue weighted by Gasteiger charge is -2.29. The van der Waals surface area contributed by atoms with Crippen molar-refractivity contribution in [3.63, 3.8) is 0 Å². The Balaban J connectivity index is 1.35. The average Bonchev–Trinajstić information content (AvgIpc) is 3.44. The molecule has 1 aliphatic carbocycles. The Bertz CT molecular complexity index is 977. The van der Waals surface area contributed by atoms with E-state index in [0.29, 0.717) is 11.9 Å². The van der Waals surface area contributed by atoms with Gasteiger partial charge >= 0.3 is 0 Å². The van der Waals surface area contributed by atoms with Crippen molar-refractivity contribution in [3.05, 3.63) is 42.5 Å². The van der Waals surface area contributed by atoms with Gasteiger partial charge in [-0.2, -0.15) is 0 Å². The van der Waals surface area contributed by atoms with E-state index in [2.05, 4.69) is 30.9 Å². The van der Waals surface area contributed by atoms with Crippen LogP contribution < -0.4 is 10.2 Å². The van der Waals surface area contributed by atoms with Gasteiger partial charge in [0.25, 0.3) is 0 Å². The Hall–Kier alpha value is -2.96. The second kappa shape index (κ2) is 6.09. The number of fused-ring (bicyclic) bond motifs is 2. The molecule has 1 N–H and O–H groups in total. The van der Waals surface area contributed by atoms with Crippen molar-refractivity contribution in [3.8, 4) is 0 Å². The van der Waals surface area contributed by atoms with Crippen LogP contribution in [0.25, 0.3) is 11.2 Å². The highest BCUT2D eigenvalue weighted by molar-refractivity contribution is 5.98. The largest absolute Gasteiger partial charge is 0.359 e. The molecule has 5 rings (SSSR count). The van der Waals surface area contributed by atoms with E-state index >= 15 is 0 Å². The van der Waals surface area contributed by atoms with Gasteiger partial charge in [0, 0.05) is 18.3 Å². The summed E-state index contributed by atoms with van der Waals surface area (Å²) in [5.41, 5.74) is 3.82. The van der Waals surface area contributed by atoms with E-state index < -0.39 is 0 Å². The SMILES string of the molecule is O=C(CNc1ncnc2c1ncn2C1CC1)N1CCCc2ccccc21. The molecule has 7 heteroatoms. The predicted octanol–water partition coefficient (Wildman–Crippen LogP) is 2.55. The van der Waals surface area contributed by atoms with Gasteiger partial charge in [-0.3, -0.25) is 4.79 Å². The number of carbonyl (C=O) groups is 1. The zero-order valence-electron chi connectivity index (χ0n) is 14.4. The van der Waals surface area contributed by atoms with Crippen LogP contribution in [0.3, 0.4) is 0 Å². The van der Waals surface area contributed by atoms with Gasteiger partial charge < -0.3 is 14.8 Å². The summed E-state index contributed by atoms with van der Waals surface area (Å²) < 4.78 is 2.10. The second-order valence-electron chi connectivity index (χ2n) is 6.91. The summed E-state index contributed by atoms with van der Waals surface area (Å²) in [6.45, 7) is 0.948. The number of aryl methyl sites for hydroxylation is 1. The standard InChI is InChI=1S/C19H20N6O/c26-16(24-9-3-5-13-4-1-2-6-15(13)24)10-20-18-17-19(22-11-21-18)25(12-23-17)14-7-8-14/h1-2,4,6,11-12,14H,3,5,7-10H2,(H,20,21,22). The molecule has 7 nitrogen and oxygen atoms in total. The Labute approximate surface area is 151 Å². The smallest absolute Gasteiger partial charge is 0.246 e. The third kappa shape index (κ3) is 2.60. The van der Waals surface area contributed by atoms with Gasteiger partial charge in [0.2, 0.25) is 5.91 Å². The highest BCUT2D eigenvalue weighted by atomic mass is 16.2. The molecule has 1 saturated carbocycles. The number of amides is 1. The topological polar surface area (TPSA) is 75.9 Å². The first-order valence-electron chi connectivity index (χ1n) is 9.11. The van der Waals surface area contributed by atoms with Crippen LogP contribution in [-0.2, 0) is 11.2 Å². The van der Waals surface area contributed by atoms with Crippen molar-refractivity contribution in [2.75, 3.05) is 23.3 Å². The van der Waals surface area contributed by atoms with Crippen molar-refractivity contribution in [1.29, 1.82) is 0 Å². The maximum atomic E-state index is 12.8. The molecular formula is C19H20N6O. The van der Waals surface area contributed by atoms with Crippen molar-refractivity contribution in [2.45, 2.75) is 31.7 Å². The number of nitrogens with zero attached hydrogens (tertiary/aromatic N) is 5. The molecule has 3 aromatic rings. The van der Waals surface area contributed by atoms with Gasteiger partial charge in [0.1, 0.15) is 11.8 Å². The molecule has 1 fully saturated rings. The number of hydrogen-bond donors (Lipinski definition) is 1. The maximum Gasteiger partial charge on any atom is 0.246 e. The van der Waals surface area contributed by atoms with Gasteiger partial charge in [-0.05, 0) is 37.3 Å². The van der Waals surface area contributed by atoms with E-state index in [9.17, 15) is 4.79 Å². The van der Waals surface area contributed by atoms with Crippen molar-refractivity contribution >= 4 is 28.6 Å². The minimum absolute atomic E-state index is 0.0468. The van der Waals surface area contributed by atoms with E-state index in [1.165, 1.54) is 24.7 Å². The zero-order chi connectivity index (χ0) is 17.5. The van der Waals surface area contributed by atoms with Crippen molar-refractivity contribution in [2.24, 2.45) is 0 Å². The Morgan fingerprint density at radius 1 is 1.19 bits per heavy atom. The molecule has 0 atom stereocenters. The molecule has 0 saturated heterocycles. The normalized spacial score (nSPS) is 16.5. The monoisotopic (exact) mass is 348 g/mol. The number of aromatic nitrogens is 4. The highest BCUT2D eigenvalue weighted by Crippen LogP contribution is 2.37. The Morgan fingerprint density at radius 3 is 2.96 bits per heavy atom. The van der Waals surface area contributed by atoms with Crippen molar-refractivity contribution < 1.29 is 4.79 Å². The van der Waals surface area contributed by atoms with Gasteiger partial charge in [0.15, 0.2) is 11.5 Å². The van der Waals surface area contributed by atoms with E-state index in [0.717, 1.165) is 36.2 Å². The van der Waals surface area contributed by atoms with Crippen LogP contribution in [0.5, 0.6) is 0 Å². The van der Waals surface area contributed by atoms with Crippen LogP contribution in [0.15, 0.2) is 36.9 Å². The van der Waals surface area contributed by atoms with Gasteiger partial charge in [-0.15, -0.1) is 0 Å². The predicted molar refractivity (Wildman–Crippen MR) is 99.2 cm³/mol. The van der Waals surface area contributed by atoms with Crippen LogP contribution in [0.1, 0.15) is 30.9 Å². The van der Waals surface area contributed by atoms with Crippen LogP contribution in [0, 0.1) is 0 Å². The minimum Gasteiger partial charge on any atom is -0.359 e. The fourth-order valence-corrected chi connectivity index (χ4v) is 3.65. The van der Waals surface area contributed by atoms with E-state index in [-0.39, 0.29) is 12.5 Å². The average molecular weight is 348 g/mol. The molecular weight excluding hydrogens is 328 g/mol. The molecule has 0 spiro atoms. The number of imidazole rings is 1. The third-order valence-corrected chi connectivity index (χ3v) is 5.12. The number of para-hydroxylation sites is 1. The molecule has 0 unspecified atom stereocenters. The lowest BCUT2D eigenvalue weighted by atomic mass is 10.0. The summed E-state index contributed by atoms with van der Waals surface area (Å²) >= 11 is 0. The second-order valence-corrected chi connectivity index (χ2v) is 6.91. The first kappa shape index (κ1) is 15.3. The lowest BCUT2D eigenvalue weighted by Crippen LogP contribution is -2.39. The Morgan fingerprint density at radius 2 is 2.08 bits per heavy atom. The van der Waals surface area contributed by atoms with Crippen LogP contribution in [0.4, 0.5) is 11.5 Å². The molecule has 132 valence electrons. The maximum absolute atomic E-state index is 12.8. The highest BCUT2D eigenvalue weighted by Gasteiger charge is 2.27. The Kier molecular flexibility index (Phi) is 3.58. The lowest BCUT2D eigenvalue weighted by molar-refractivity contribution is -0.117. The molecule has 2 aliphatic rings. The first-order chi connectivity index (χ1) is 12.8. The molecule has 0 radical (unpaired) electrons. The van der Waals surface area contributed by atoms with E-state index in [1.807, 2.05) is 29.4 Å². The third-order valence-electron chi connectivity index (χ3n) is 5.12. The zero-order valence-corrected chi connectivity index (χ0v) is 14.4. The van der Waals surface area contributed by atoms with E-state index in [1.54, 1.807) is 0 Å². The number of anilines is 2. The fraction of sp³-hybridized carbons (Fsp3) is 0.368. The van der Waals surface area contributed by atoms with Gasteiger partial charge in [0.05, 0.1) is 12.9 Å². The minimum atomic E-state index is 0.0468. The molecule has 0 bridgehead atoms. The van der Waals surface area contributed by atoms with E-state index in [4.69, 9.17) is 0 Å². The fourth-order valence-electron chi connectivity index (χ4n) is 3.65. The quantitative estimate of drug-likeness (QED) is 0.784. The number of rotatable bonds is 4. The summed E-state index contributed by atoms with van der Waals surface area (Å²) in [5.74, 6) is 0.665. The molecule has 1 amide bonds. The van der Waals surface area contributed by atoms with Gasteiger partial charge in [-0.25, -0.2) is 15.0 Å². The molecule has 26 heavy (non-hydrogen) atoms. The van der Waals surface area contributed by atoms with Crippen LogP contribution in [-0.4, -0.2) is 38.5 Å². The number of carbonyl (C=O) groups excluding carboxylic acids is 1. The summed E-state index contributed by atoms with van der Waals surface area (Å²) in [4.78, 5) is 27.8. The summed E-state index contributed by atoms with van der Waals surface area (Å²) in [6.07, 6.45) is 7.72.